The van der Waals surface area contributed by atoms with Crippen molar-refractivity contribution in [2.24, 2.45) is 0 Å². The van der Waals surface area contributed by atoms with Crippen molar-refractivity contribution in [3.63, 3.8) is 0 Å². The Kier molecular flexibility index (Phi) is 4.68. The average Bonchev–Trinajstić information content (AvgIpc) is 3.22. The van der Waals surface area contributed by atoms with Crippen LogP contribution in [0, 0.1) is 6.92 Å². The van der Waals surface area contributed by atoms with Crippen LogP contribution in [0.5, 0.6) is 0 Å². The minimum absolute atomic E-state index is 0.280. The minimum Gasteiger partial charge on any atom is -0.463 e. The molecule has 2 aromatic carbocycles. The van der Waals surface area contributed by atoms with Crippen molar-refractivity contribution in [3.8, 4) is 0 Å². The summed E-state index contributed by atoms with van der Waals surface area (Å²) in [7, 11) is 0. The van der Waals surface area contributed by atoms with Crippen LogP contribution in [0.1, 0.15) is 21.6 Å². The van der Waals surface area contributed by atoms with E-state index in [2.05, 4.69) is 29.6 Å². The Balaban J connectivity index is 1.70. The van der Waals surface area contributed by atoms with Gasteiger partial charge in [0.1, 0.15) is 5.69 Å². The number of hydrogen-bond acceptors (Lipinski definition) is 2. The van der Waals surface area contributed by atoms with E-state index in [9.17, 15) is 4.79 Å². The van der Waals surface area contributed by atoms with E-state index in [4.69, 9.17) is 27.6 Å². The van der Waals surface area contributed by atoms with Crippen LogP contribution in [0.2, 0.25) is 10.0 Å². The second-order valence-electron chi connectivity index (χ2n) is 6.35. The summed E-state index contributed by atoms with van der Waals surface area (Å²) in [4.78, 5) is 12.9. The zero-order valence-corrected chi connectivity index (χ0v) is 16.0. The average molecular weight is 399 g/mol. The highest BCUT2D eigenvalue weighted by molar-refractivity contribution is 6.35. The van der Waals surface area contributed by atoms with Gasteiger partial charge in [-0.3, -0.25) is 4.79 Å². The molecule has 0 unspecified atom stereocenters. The zero-order chi connectivity index (χ0) is 19.0. The lowest BCUT2D eigenvalue weighted by atomic mass is 10.1. The summed E-state index contributed by atoms with van der Waals surface area (Å²) in [5, 5.41) is 3.76. The Morgan fingerprint density at radius 1 is 1.07 bits per heavy atom. The topological polar surface area (TPSA) is 47.2 Å². The molecule has 0 spiro atoms. The number of benzene rings is 2. The highest BCUT2D eigenvalue weighted by Gasteiger charge is 2.19. The minimum atomic E-state index is -0.280. The smallest absolute Gasteiger partial charge is 0.272 e. The highest BCUT2D eigenvalue weighted by atomic mass is 35.5. The molecule has 2 aromatic heterocycles. The number of aromatic nitrogens is 1. The SMILES string of the molecule is Cc1ccc(Cn2c(C(=O)Nc3cc(Cl)ccc3Cl)cc3occc32)cc1. The molecule has 4 rings (SSSR count). The van der Waals surface area contributed by atoms with Crippen LogP contribution >= 0.6 is 23.2 Å². The third-order valence-electron chi connectivity index (χ3n) is 4.39. The summed E-state index contributed by atoms with van der Waals surface area (Å²) in [6.45, 7) is 2.59. The van der Waals surface area contributed by atoms with Crippen LogP contribution in [0.4, 0.5) is 5.69 Å². The summed E-state index contributed by atoms with van der Waals surface area (Å²) in [6, 6.07) is 16.7. The van der Waals surface area contributed by atoms with Gasteiger partial charge in [0.25, 0.3) is 5.91 Å². The highest BCUT2D eigenvalue weighted by Crippen LogP contribution is 2.28. The largest absolute Gasteiger partial charge is 0.463 e. The number of nitrogens with zero attached hydrogens (tertiary/aromatic N) is 1. The molecule has 0 aliphatic heterocycles. The van der Waals surface area contributed by atoms with Crippen molar-refractivity contribution in [3.05, 3.63) is 87.7 Å². The van der Waals surface area contributed by atoms with Crippen LogP contribution in [0.15, 0.2) is 65.3 Å². The van der Waals surface area contributed by atoms with Crippen LogP contribution in [0.25, 0.3) is 11.1 Å². The van der Waals surface area contributed by atoms with Gasteiger partial charge in [-0.1, -0.05) is 53.0 Å². The maximum Gasteiger partial charge on any atom is 0.272 e. The van der Waals surface area contributed by atoms with Crippen LogP contribution in [-0.4, -0.2) is 10.5 Å². The van der Waals surface area contributed by atoms with Gasteiger partial charge in [0.2, 0.25) is 0 Å². The van der Waals surface area contributed by atoms with E-state index in [1.54, 1.807) is 30.5 Å². The van der Waals surface area contributed by atoms with E-state index in [1.807, 2.05) is 17.6 Å². The first-order chi connectivity index (χ1) is 13.0. The summed E-state index contributed by atoms with van der Waals surface area (Å²) in [6.07, 6.45) is 1.62. The molecule has 0 bridgehead atoms. The van der Waals surface area contributed by atoms with Crippen molar-refractivity contribution < 1.29 is 9.21 Å². The van der Waals surface area contributed by atoms with Gasteiger partial charge < -0.3 is 14.3 Å². The number of nitrogens with one attached hydrogen (secondary N) is 1. The molecule has 1 N–H and O–H groups in total. The molecule has 0 aliphatic carbocycles. The Labute approximate surface area is 166 Å². The quantitative estimate of drug-likeness (QED) is 0.447. The lowest BCUT2D eigenvalue weighted by Crippen LogP contribution is -2.17. The molecule has 0 saturated carbocycles. The first kappa shape index (κ1) is 17.7. The number of carbonyl (C=O) groups is 1. The number of furan rings is 1. The number of rotatable bonds is 4. The third-order valence-corrected chi connectivity index (χ3v) is 4.96. The maximum atomic E-state index is 12.9. The van der Waals surface area contributed by atoms with Crippen molar-refractivity contribution in [2.75, 3.05) is 5.32 Å². The Bertz CT molecular complexity index is 1130. The molecule has 0 saturated heterocycles. The van der Waals surface area contributed by atoms with Gasteiger partial charge in [0.15, 0.2) is 5.58 Å². The number of anilines is 1. The molecule has 2 heterocycles. The fourth-order valence-corrected chi connectivity index (χ4v) is 3.33. The van der Waals surface area contributed by atoms with Crippen LogP contribution < -0.4 is 5.32 Å². The van der Waals surface area contributed by atoms with E-state index >= 15 is 0 Å². The van der Waals surface area contributed by atoms with Crippen molar-refractivity contribution in [1.82, 2.24) is 4.57 Å². The van der Waals surface area contributed by atoms with Crippen LogP contribution in [-0.2, 0) is 6.54 Å². The van der Waals surface area contributed by atoms with E-state index in [1.165, 1.54) is 5.56 Å². The van der Waals surface area contributed by atoms with Gasteiger partial charge in [0, 0.05) is 23.7 Å². The summed E-state index contributed by atoms with van der Waals surface area (Å²) < 4.78 is 7.42. The normalized spacial score (nSPS) is 11.1. The summed E-state index contributed by atoms with van der Waals surface area (Å²) in [5.41, 5.74) is 4.75. The van der Waals surface area contributed by atoms with Crippen LogP contribution in [0.3, 0.4) is 0 Å². The molecular formula is C21H16Cl2N2O2. The van der Waals surface area contributed by atoms with Crippen molar-refractivity contribution in [2.45, 2.75) is 13.5 Å². The fraction of sp³-hybridized carbons (Fsp3) is 0.0952. The lowest BCUT2D eigenvalue weighted by Gasteiger charge is -2.12. The predicted molar refractivity (Wildman–Crippen MR) is 109 cm³/mol. The second kappa shape index (κ2) is 7.14. The molecule has 6 heteroatoms. The number of aryl methyl sites for hydroxylation is 1. The number of amides is 1. The van der Waals surface area contributed by atoms with E-state index < -0.39 is 0 Å². The number of hydrogen-bond donors (Lipinski definition) is 1. The molecule has 0 atom stereocenters. The molecule has 27 heavy (non-hydrogen) atoms. The molecule has 136 valence electrons. The Morgan fingerprint density at radius 2 is 1.85 bits per heavy atom. The monoisotopic (exact) mass is 398 g/mol. The van der Waals surface area contributed by atoms with E-state index in [0.29, 0.717) is 33.6 Å². The number of halogens is 2. The van der Waals surface area contributed by atoms with Gasteiger partial charge in [-0.05, 0) is 30.7 Å². The molecule has 1 amide bonds. The van der Waals surface area contributed by atoms with Gasteiger partial charge in [-0.2, -0.15) is 0 Å². The van der Waals surface area contributed by atoms with Gasteiger partial charge >= 0.3 is 0 Å². The molecular weight excluding hydrogens is 383 g/mol. The first-order valence-corrected chi connectivity index (χ1v) is 9.15. The van der Waals surface area contributed by atoms with Gasteiger partial charge in [-0.25, -0.2) is 0 Å². The molecule has 0 fully saturated rings. The molecule has 0 radical (unpaired) electrons. The summed E-state index contributed by atoms with van der Waals surface area (Å²) >= 11 is 12.2. The second-order valence-corrected chi connectivity index (χ2v) is 7.19. The Morgan fingerprint density at radius 3 is 2.63 bits per heavy atom. The van der Waals surface area contributed by atoms with E-state index in [0.717, 1.165) is 11.1 Å². The zero-order valence-electron chi connectivity index (χ0n) is 14.5. The molecule has 4 aromatic rings. The number of fused-ring (bicyclic) bond motifs is 1. The van der Waals surface area contributed by atoms with Crippen molar-refractivity contribution >= 4 is 45.9 Å². The van der Waals surface area contributed by atoms with Gasteiger partial charge in [-0.15, -0.1) is 0 Å². The predicted octanol–water partition coefficient (Wildman–Crippen LogP) is 6.15. The van der Waals surface area contributed by atoms with Crippen molar-refractivity contribution in [1.29, 1.82) is 0 Å². The van der Waals surface area contributed by atoms with Gasteiger partial charge in [0.05, 0.1) is 22.5 Å². The number of carbonyl (C=O) groups excluding carboxylic acids is 1. The maximum absolute atomic E-state index is 12.9. The molecule has 4 nitrogen and oxygen atoms in total. The van der Waals surface area contributed by atoms with E-state index in [-0.39, 0.29) is 5.91 Å². The summed E-state index contributed by atoms with van der Waals surface area (Å²) in [5.74, 6) is -0.280. The molecule has 0 aliphatic rings. The lowest BCUT2D eigenvalue weighted by molar-refractivity contribution is 0.101. The Hall–Kier alpha value is -2.69. The standard InChI is InChI=1S/C21H16Cl2N2O2/c1-13-2-4-14(5-3-13)12-25-18-8-9-27-20(18)11-19(25)21(26)24-17-10-15(22)6-7-16(17)23/h2-11H,12H2,1H3,(H,24,26). The first-order valence-electron chi connectivity index (χ1n) is 8.40. The third kappa shape index (κ3) is 3.59. The fourth-order valence-electron chi connectivity index (χ4n) is 2.99.